The van der Waals surface area contributed by atoms with E-state index in [1.165, 1.54) is 18.2 Å². The normalized spacial score (nSPS) is 11.3. The van der Waals surface area contributed by atoms with Crippen LogP contribution in [0.4, 0.5) is 5.69 Å². The molecule has 0 spiro atoms. The Bertz CT molecular complexity index is 1170. The highest BCUT2D eigenvalue weighted by atomic mass is 32.2. The average Bonchev–Trinajstić information content (AvgIpc) is 2.59. The van der Waals surface area contributed by atoms with E-state index in [-0.39, 0.29) is 4.90 Å². The topological polar surface area (TPSA) is 114 Å². The lowest BCUT2D eigenvalue weighted by Crippen LogP contribution is -2.27. The summed E-state index contributed by atoms with van der Waals surface area (Å²) in [6.07, 6.45) is 0. The number of anilines is 1. The zero-order valence-corrected chi connectivity index (χ0v) is 16.0. The highest BCUT2D eigenvalue weighted by Crippen LogP contribution is 2.20. The summed E-state index contributed by atoms with van der Waals surface area (Å²) in [5.74, 6) is 0. The molecule has 0 amide bonds. The van der Waals surface area contributed by atoms with Gasteiger partial charge in [-0.05, 0) is 54.5 Å². The Hall–Kier alpha value is -2.75. The van der Waals surface area contributed by atoms with Gasteiger partial charge in [0.25, 0.3) is 0 Å². The van der Waals surface area contributed by atoms with Gasteiger partial charge >= 0.3 is 5.63 Å². The van der Waals surface area contributed by atoms with Crippen LogP contribution in [-0.2, 0) is 16.6 Å². The van der Waals surface area contributed by atoms with Gasteiger partial charge in [-0.1, -0.05) is 12.1 Å². The molecule has 0 bridgehead atoms. The van der Waals surface area contributed by atoms with Gasteiger partial charge < -0.3 is 15.1 Å². The number of aryl methyl sites for hydroxylation is 1. The van der Waals surface area contributed by atoms with Crippen LogP contribution in [0.25, 0.3) is 11.0 Å². The van der Waals surface area contributed by atoms with Crippen molar-refractivity contribution in [3.8, 4) is 0 Å². The second-order valence-electron chi connectivity index (χ2n) is 5.96. The molecule has 0 fully saturated rings. The standard InChI is InChI=1S/C18H17N3O4S2/c1-11-8-17(22)25-16-9-13(4-7-15(11)16)21-18(26)20-10-12-2-5-14(6-3-12)27(19,23)24/h2-9H,10H2,1H3,(H2,19,23,24)(H2,20,21,26). The maximum Gasteiger partial charge on any atom is 0.336 e. The van der Waals surface area contributed by atoms with E-state index in [2.05, 4.69) is 10.6 Å². The molecule has 2 aromatic carbocycles. The first kappa shape index (κ1) is 19.0. The zero-order valence-electron chi connectivity index (χ0n) is 14.4. The summed E-state index contributed by atoms with van der Waals surface area (Å²) in [7, 11) is -3.71. The molecule has 1 heterocycles. The molecule has 3 aromatic rings. The Balaban J connectivity index is 1.65. The summed E-state index contributed by atoms with van der Waals surface area (Å²) in [4.78, 5) is 11.6. The lowest BCUT2D eigenvalue weighted by atomic mass is 10.1. The number of hydrogen-bond acceptors (Lipinski definition) is 5. The number of nitrogens with one attached hydrogen (secondary N) is 2. The predicted molar refractivity (Wildman–Crippen MR) is 108 cm³/mol. The number of hydrogen-bond donors (Lipinski definition) is 3. The van der Waals surface area contributed by atoms with Crippen molar-refractivity contribution in [2.45, 2.75) is 18.4 Å². The summed E-state index contributed by atoms with van der Waals surface area (Å²) >= 11 is 5.26. The minimum absolute atomic E-state index is 0.0555. The molecule has 0 aliphatic rings. The Morgan fingerprint density at radius 2 is 1.85 bits per heavy atom. The summed E-state index contributed by atoms with van der Waals surface area (Å²) in [6.45, 7) is 2.25. The van der Waals surface area contributed by atoms with E-state index in [9.17, 15) is 13.2 Å². The lowest BCUT2D eigenvalue weighted by Gasteiger charge is -2.11. The third-order valence-electron chi connectivity index (χ3n) is 3.91. The van der Waals surface area contributed by atoms with Crippen LogP contribution >= 0.6 is 12.2 Å². The second kappa shape index (κ2) is 7.47. The van der Waals surface area contributed by atoms with Crippen molar-refractivity contribution < 1.29 is 12.8 Å². The number of nitrogens with two attached hydrogens (primary N) is 1. The van der Waals surface area contributed by atoms with E-state index in [1.807, 2.05) is 19.1 Å². The minimum atomic E-state index is -3.71. The fourth-order valence-electron chi connectivity index (χ4n) is 2.56. The molecule has 3 rings (SSSR count). The molecular weight excluding hydrogens is 386 g/mol. The van der Waals surface area contributed by atoms with Gasteiger partial charge in [-0.3, -0.25) is 0 Å². The van der Waals surface area contributed by atoms with Crippen LogP contribution in [0.5, 0.6) is 0 Å². The highest BCUT2D eigenvalue weighted by molar-refractivity contribution is 7.89. The monoisotopic (exact) mass is 403 g/mol. The van der Waals surface area contributed by atoms with Gasteiger partial charge in [0.15, 0.2) is 5.11 Å². The highest BCUT2D eigenvalue weighted by Gasteiger charge is 2.07. The summed E-state index contributed by atoms with van der Waals surface area (Å²) in [5, 5.41) is 12.3. The molecule has 0 saturated heterocycles. The van der Waals surface area contributed by atoms with Crippen LogP contribution in [0, 0.1) is 6.92 Å². The molecule has 0 radical (unpaired) electrons. The van der Waals surface area contributed by atoms with Crippen LogP contribution in [0.2, 0.25) is 0 Å². The van der Waals surface area contributed by atoms with Gasteiger partial charge in [0.2, 0.25) is 10.0 Å². The zero-order chi connectivity index (χ0) is 19.6. The van der Waals surface area contributed by atoms with Crippen molar-refractivity contribution in [1.29, 1.82) is 0 Å². The maximum absolute atomic E-state index is 11.5. The first-order valence-electron chi connectivity index (χ1n) is 7.93. The van der Waals surface area contributed by atoms with Gasteiger partial charge in [-0.25, -0.2) is 18.4 Å². The van der Waals surface area contributed by atoms with Gasteiger partial charge in [-0.15, -0.1) is 0 Å². The number of thiocarbonyl (C=S) groups is 1. The van der Waals surface area contributed by atoms with Crippen LogP contribution in [0.15, 0.2) is 62.6 Å². The maximum atomic E-state index is 11.5. The number of rotatable bonds is 4. The number of benzene rings is 2. The fraction of sp³-hybridized carbons (Fsp3) is 0.111. The number of fused-ring (bicyclic) bond motifs is 1. The van der Waals surface area contributed by atoms with Gasteiger partial charge in [0.1, 0.15) is 5.58 Å². The second-order valence-corrected chi connectivity index (χ2v) is 7.93. The van der Waals surface area contributed by atoms with Crippen molar-refractivity contribution in [2.75, 3.05) is 5.32 Å². The smallest absolute Gasteiger partial charge is 0.336 e. The number of sulfonamides is 1. The molecule has 0 unspecified atom stereocenters. The van der Waals surface area contributed by atoms with Gasteiger partial charge in [-0.2, -0.15) is 0 Å². The van der Waals surface area contributed by atoms with Crippen molar-refractivity contribution in [2.24, 2.45) is 5.14 Å². The van der Waals surface area contributed by atoms with Gasteiger partial charge in [0.05, 0.1) is 4.90 Å². The van der Waals surface area contributed by atoms with Crippen LogP contribution < -0.4 is 21.4 Å². The third-order valence-corrected chi connectivity index (χ3v) is 5.09. The predicted octanol–water partition coefficient (Wildman–Crippen LogP) is 2.24. The summed E-state index contributed by atoms with van der Waals surface area (Å²) in [6, 6.07) is 13.0. The van der Waals surface area contributed by atoms with Crippen molar-refractivity contribution >= 4 is 44.0 Å². The first-order valence-corrected chi connectivity index (χ1v) is 9.89. The average molecular weight is 403 g/mol. The SMILES string of the molecule is Cc1cc(=O)oc2cc(NC(=S)NCc3ccc(S(N)(=O)=O)cc3)ccc12. The molecule has 0 aliphatic heterocycles. The van der Waals surface area contributed by atoms with Gasteiger partial charge in [0, 0.05) is 29.8 Å². The van der Waals surface area contributed by atoms with Crippen molar-refractivity contribution in [3.05, 3.63) is 70.1 Å². The van der Waals surface area contributed by atoms with E-state index in [1.54, 1.807) is 18.2 Å². The largest absolute Gasteiger partial charge is 0.423 e. The molecule has 4 N–H and O–H groups in total. The third kappa shape index (κ3) is 4.70. The molecule has 0 atom stereocenters. The molecular formula is C18H17N3O4S2. The molecule has 0 saturated carbocycles. The Labute approximate surface area is 161 Å². The molecule has 1 aromatic heterocycles. The fourth-order valence-corrected chi connectivity index (χ4v) is 3.26. The van der Waals surface area contributed by atoms with E-state index in [4.69, 9.17) is 21.8 Å². The van der Waals surface area contributed by atoms with E-state index < -0.39 is 15.6 Å². The lowest BCUT2D eigenvalue weighted by molar-refractivity contribution is 0.560. The van der Waals surface area contributed by atoms with Crippen molar-refractivity contribution in [1.82, 2.24) is 5.32 Å². The van der Waals surface area contributed by atoms with Crippen LogP contribution in [0.1, 0.15) is 11.1 Å². The Kier molecular flexibility index (Phi) is 5.26. The molecule has 27 heavy (non-hydrogen) atoms. The van der Waals surface area contributed by atoms with Crippen molar-refractivity contribution in [3.63, 3.8) is 0 Å². The Morgan fingerprint density at radius 3 is 2.52 bits per heavy atom. The van der Waals surface area contributed by atoms with E-state index >= 15 is 0 Å². The molecule has 7 nitrogen and oxygen atoms in total. The summed E-state index contributed by atoms with van der Waals surface area (Å²) < 4.78 is 27.7. The number of primary sulfonamides is 1. The first-order chi connectivity index (χ1) is 12.7. The molecule has 0 aliphatic carbocycles. The van der Waals surface area contributed by atoms with E-state index in [0.29, 0.717) is 22.9 Å². The summed E-state index contributed by atoms with van der Waals surface area (Å²) in [5.41, 5.74) is 2.44. The Morgan fingerprint density at radius 1 is 1.15 bits per heavy atom. The minimum Gasteiger partial charge on any atom is -0.423 e. The molecule has 140 valence electrons. The quantitative estimate of drug-likeness (QED) is 0.452. The van der Waals surface area contributed by atoms with Crippen LogP contribution in [-0.4, -0.2) is 13.5 Å². The van der Waals surface area contributed by atoms with E-state index in [0.717, 1.165) is 16.5 Å². The molecule has 9 heteroatoms. The van der Waals surface area contributed by atoms with Crippen LogP contribution in [0.3, 0.4) is 0 Å².